The quantitative estimate of drug-likeness (QED) is 0.496. The first-order chi connectivity index (χ1) is 7.22. The van der Waals surface area contributed by atoms with E-state index in [0.717, 1.165) is 19.5 Å². The summed E-state index contributed by atoms with van der Waals surface area (Å²) >= 11 is 0. The highest BCUT2D eigenvalue weighted by Gasteiger charge is 2.40. The van der Waals surface area contributed by atoms with Crippen molar-refractivity contribution < 1.29 is 9.53 Å². The third kappa shape index (κ3) is 4.65. The fourth-order valence-electron chi connectivity index (χ4n) is 2.04. The average Bonchev–Trinajstić information content (AvgIpc) is 2.98. The number of hydrogen-bond acceptors (Lipinski definition) is 3. The van der Waals surface area contributed by atoms with Gasteiger partial charge in [-0.05, 0) is 37.6 Å². The zero-order valence-corrected chi connectivity index (χ0v) is 9.97. The third-order valence-corrected chi connectivity index (χ3v) is 3.20. The van der Waals surface area contributed by atoms with Gasteiger partial charge in [0.2, 0.25) is 0 Å². The van der Waals surface area contributed by atoms with Crippen LogP contribution in [0.3, 0.4) is 0 Å². The van der Waals surface area contributed by atoms with Crippen LogP contribution in [0.2, 0.25) is 0 Å². The van der Waals surface area contributed by atoms with E-state index in [1.54, 1.807) is 0 Å². The maximum Gasteiger partial charge on any atom is 0.305 e. The Morgan fingerprint density at radius 1 is 1.47 bits per heavy atom. The van der Waals surface area contributed by atoms with Crippen molar-refractivity contribution in [3.63, 3.8) is 0 Å². The molecule has 0 spiro atoms. The minimum Gasteiger partial charge on any atom is -0.469 e. The Balaban J connectivity index is 1.95. The fourth-order valence-corrected chi connectivity index (χ4v) is 2.04. The second-order valence-corrected chi connectivity index (χ2v) is 4.61. The number of esters is 1. The summed E-state index contributed by atoms with van der Waals surface area (Å²) in [6.07, 6.45) is 6.80. The van der Waals surface area contributed by atoms with E-state index in [2.05, 4.69) is 17.0 Å². The maximum atomic E-state index is 10.8. The normalized spacial score (nSPS) is 17.5. The van der Waals surface area contributed by atoms with Crippen molar-refractivity contribution in [3.8, 4) is 0 Å². The van der Waals surface area contributed by atoms with Gasteiger partial charge < -0.3 is 10.1 Å². The first kappa shape index (κ1) is 12.5. The van der Waals surface area contributed by atoms with Crippen LogP contribution in [0.4, 0.5) is 0 Å². The molecule has 0 aromatic rings. The number of hydrogen-bond donors (Lipinski definition) is 1. The van der Waals surface area contributed by atoms with Gasteiger partial charge in [-0.3, -0.25) is 4.79 Å². The molecule has 0 saturated heterocycles. The van der Waals surface area contributed by atoms with Crippen LogP contribution in [0.15, 0.2) is 0 Å². The van der Waals surface area contributed by atoms with Gasteiger partial charge >= 0.3 is 5.97 Å². The van der Waals surface area contributed by atoms with Crippen molar-refractivity contribution in [2.45, 2.75) is 45.4 Å². The molecular formula is C12H23NO2. The van der Waals surface area contributed by atoms with Crippen LogP contribution in [0, 0.1) is 5.41 Å². The predicted molar refractivity (Wildman–Crippen MR) is 60.7 cm³/mol. The van der Waals surface area contributed by atoms with E-state index in [4.69, 9.17) is 0 Å². The Bertz CT molecular complexity index is 200. The third-order valence-electron chi connectivity index (χ3n) is 3.20. The molecule has 3 heteroatoms. The molecule has 88 valence electrons. The summed E-state index contributed by atoms with van der Waals surface area (Å²) < 4.78 is 4.58. The van der Waals surface area contributed by atoms with Gasteiger partial charge in [0.1, 0.15) is 0 Å². The molecule has 1 fully saturated rings. The standard InChI is InChI=1S/C12H23NO2/c1-3-6-12(7-8-12)10-13-9-4-5-11(14)15-2/h13H,3-10H2,1-2H3. The van der Waals surface area contributed by atoms with Crippen molar-refractivity contribution >= 4 is 5.97 Å². The molecular weight excluding hydrogens is 190 g/mol. The molecule has 1 aliphatic rings. The molecule has 0 amide bonds. The molecule has 1 saturated carbocycles. The molecule has 1 N–H and O–H groups in total. The highest BCUT2D eigenvalue weighted by Crippen LogP contribution is 2.48. The summed E-state index contributed by atoms with van der Waals surface area (Å²) in [5.74, 6) is -0.105. The van der Waals surface area contributed by atoms with Gasteiger partial charge in [0, 0.05) is 13.0 Å². The highest BCUT2D eigenvalue weighted by molar-refractivity contribution is 5.69. The summed E-state index contributed by atoms with van der Waals surface area (Å²) in [6.45, 7) is 4.31. The number of carbonyl (C=O) groups excluding carboxylic acids is 1. The molecule has 15 heavy (non-hydrogen) atoms. The van der Waals surface area contributed by atoms with E-state index >= 15 is 0 Å². The molecule has 1 rings (SSSR count). The molecule has 0 unspecified atom stereocenters. The summed E-state index contributed by atoms with van der Waals surface area (Å²) in [6, 6.07) is 0. The largest absolute Gasteiger partial charge is 0.469 e. The lowest BCUT2D eigenvalue weighted by atomic mass is 10.0. The van der Waals surface area contributed by atoms with Crippen LogP contribution in [-0.4, -0.2) is 26.2 Å². The molecule has 0 aliphatic heterocycles. The van der Waals surface area contributed by atoms with Crippen LogP contribution in [0.5, 0.6) is 0 Å². The van der Waals surface area contributed by atoms with E-state index in [9.17, 15) is 4.79 Å². The van der Waals surface area contributed by atoms with Crippen molar-refractivity contribution in [2.24, 2.45) is 5.41 Å². The van der Waals surface area contributed by atoms with E-state index in [0.29, 0.717) is 11.8 Å². The van der Waals surface area contributed by atoms with Gasteiger partial charge in [-0.2, -0.15) is 0 Å². The molecule has 0 heterocycles. The average molecular weight is 213 g/mol. The van der Waals surface area contributed by atoms with Crippen LogP contribution >= 0.6 is 0 Å². The fraction of sp³-hybridized carbons (Fsp3) is 0.917. The highest BCUT2D eigenvalue weighted by atomic mass is 16.5. The molecule has 3 nitrogen and oxygen atoms in total. The van der Waals surface area contributed by atoms with Gasteiger partial charge in [-0.1, -0.05) is 13.3 Å². The lowest BCUT2D eigenvalue weighted by Gasteiger charge is -2.14. The van der Waals surface area contributed by atoms with Gasteiger partial charge in [-0.25, -0.2) is 0 Å². The molecule has 0 aromatic carbocycles. The molecule has 0 aromatic heterocycles. The molecule has 0 radical (unpaired) electrons. The Hall–Kier alpha value is -0.570. The first-order valence-electron chi connectivity index (χ1n) is 6.00. The zero-order chi connectivity index (χ0) is 11.1. The summed E-state index contributed by atoms with van der Waals surface area (Å²) in [5, 5.41) is 3.44. The van der Waals surface area contributed by atoms with E-state index in [1.807, 2.05) is 0 Å². The SMILES string of the molecule is CCCC1(CNCCCC(=O)OC)CC1. The predicted octanol–water partition coefficient (Wildman–Crippen LogP) is 2.11. The topological polar surface area (TPSA) is 38.3 Å². The minimum absolute atomic E-state index is 0.105. The number of nitrogens with one attached hydrogen (secondary N) is 1. The summed E-state index contributed by atoms with van der Waals surface area (Å²) in [7, 11) is 1.44. The van der Waals surface area contributed by atoms with Crippen molar-refractivity contribution in [3.05, 3.63) is 0 Å². The van der Waals surface area contributed by atoms with Crippen LogP contribution in [0.1, 0.15) is 45.4 Å². The zero-order valence-electron chi connectivity index (χ0n) is 9.97. The minimum atomic E-state index is -0.105. The lowest BCUT2D eigenvalue weighted by Crippen LogP contribution is -2.25. The number of rotatable bonds is 8. The monoisotopic (exact) mass is 213 g/mol. The second-order valence-electron chi connectivity index (χ2n) is 4.61. The Morgan fingerprint density at radius 2 is 2.20 bits per heavy atom. The number of methoxy groups -OCH3 is 1. The van der Waals surface area contributed by atoms with Crippen LogP contribution in [-0.2, 0) is 9.53 Å². The van der Waals surface area contributed by atoms with E-state index in [1.165, 1.54) is 32.8 Å². The van der Waals surface area contributed by atoms with Crippen molar-refractivity contribution in [1.29, 1.82) is 0 Å². The first-order valence-corrected chi connectivity index (χ1v) is 6.00. The number of carbonyl (C=O) groups is 1. The number of ether oxygens (including phenoxy) is 1. The van der Waals surface area contributed by atoms with Crippen LogP contribution < -0.4 is 5.32 Å². The van der Waals surface area contributed by atoms with Crippen molar-refractivity contribution in [2.75, 3.05) is 20.2 Å². The molecule has 0 bridgehead atoms. The second kappa shape index (κ2) is 6.11. The Kier molecular flexibility index (Phi) is 5.09. The van der Waals surface area contributed by atoms with Gasteiger partial charge in [0.25, 0.3) is 0 Å². The smallest absolute Gasteiger partial charge is 0.305 e. The van der Waals surface area contributed by atoms with E-state index in [-0.39, 0.29) is 5.97 Å². The van der Waals surface area contributed by atoms with Crippen molar-refractivity contribution in [1.82, 2.24) is 5.32 Å². The molecule has 0 atom stereocenters. The molecule has 1 aliphatic carbocycles. The van der Waals surface area contributed by atoms with E-state index < -0.39 is 0 Å². The van der Waals surface area contributed by atoms with Gasteiger partial charge in [0.05, 0.1) is 7.11 Å². The van der Waals surface area contributed by atoms with Gasteiger partial charge in [0.15, 0.2) is 0 Å². The lowest BCUT2D eigenvalue weighted by molar-refractivity contribution is -0.140. The summed E-state index contributed by atoms with van der Waals surface area (Å²) in [4.78, 5) is 10.8. The summed E-state index contributed by atoms with van der Waals surface area (Å²) in [5.41, 5.74) is 0.611. The Morgan fingerprint density at radius 3 is 2.73 bits per heavy atom. The Labute approximate surface area is 92.6 Å². The van der Waals surface area contributed by atoms with Gasteiger partial charge in [-0.15, -0.1) is 0 Å². The van der Waals surface area contributed by atoms with Crippen LogP contribution in [0.25, 0.3) is 0 Å². The maximum absolute atomic E-state index is 10.8.